The third kappa shape index (κ3) is 8.80. The first kappa shape index (κ1) is 29.6. The lowest BCUT2D eigenvalue weighted by Gasteiger charge is -2.49. The summed E-state index contributed by atoms with van der Waals surface area (Å²) in [5, 5.41) is 13.8. The van der Waals surface area contributed by atoms with Gasteiger partial charge in [0.05, 0.1) is 11.4 Å². The molecule has 1 heterocycles. The molecule has 1 aliphatic rings. The van der Waals surface area contributed by atoms with Crippen molar-refractivity contribution in [3.05, 3.63) is 35.7 Å². The molecule has 1 saturated heterocycles. The second kappa shape index (κ2) is 10.4. The number of nitrogens with two attached hydrogens (primary N) is 2. The minimum absolute atomic E-state index is 0.0437. The summed E-state index contributed by atoms with van der Waals surface area (Å²) in [6.45, 7) is 8.27. The van der Waals surface area contributed by atoms with E-state index in [2.05, 4.69) is 41.9 Å². The van der Waals surface area contributed by atoms with Gasteiger partial charge in [0, 0.05) is 42.0 Å². The number of ether oxygens (including phenoxy) is 1. The summed E-state index contributed by atoms with van der Waals surface area (Å²) in [5.41, 5.74) is 5.99. The van der Waals surface area contributed by atoms with E-state index in [0.29, 0.717) is 12.1 Å². The molecule has 2 rings (SSSR count). The van der Waals surface area contributed by atoms with Crippen LogP contribution in [0.5, 0.6) is 17.2 Å². The molecule has 0 unspecified atom stereocenters. The highest BCUT2D eigenvalue weighted by Gasteiger charge is 2.39. The van der Waals surface area contributed by atoms with Crippen molar-refractivity contribution in [2.75, 3.05) is 7.05 Å². The van der Waals surface area contributed by atoms with Crippen LogP contribution >= 0.6 is 12.0 Å². The predicted molar refractivity (Wildman–Crippen MR) is 126 cm³/mol. The summed E-state index contributed by atoms with van der Waals surface area (Å²) in [6.07, 6.45) is -1.16. The van der Waals surface area contributed by atoms with Crippen molar-refractivity contribution >= 4 is 17.7 Å². The van der Waals surface area contributed by atoms with Crippen LogP contribution < -0.4 is 25.7 Å². The van der Waals surface area contributed by atoms with Gasteiger partial charge in [-0.3, -0.25) is 0 Å². The molecule has 1 aromatic carbocycles. The maximum absolute atomic E-state index is 12.9. The van der Waals surface area contributed by atoms with Crippen LogP contribution in [0.3, 0.4) is 0 Å². The Bertz CT molecular complexity index is 993. The normalized spacial score (nSPS) is 19.2. The van der Waals surface area contributed by atoms with Gasteiger partial charge in [-0.15, -0.1) is 13.2 Å². The molecule has 1 aliphatic heterocycles. The second-order valence-electron chi connectivity index (χ2n) is 9.76. The van der Waals surface area contributed by atoms with Gasteiger partial charge in [0.25, 0.3) is 0 Å². The highest BCUT2D eigenvalue weighted by molar-refractivity contribution is 7.95. The van der Waals surface area contributed by atoms with Gasteiger partial charge in [-0.25, -0.2) is 0 Å². The van der Waals surface area contributed by atoms with Gasteiger partial charge in [0.1, 0.15) is 17.2 Å². The largest absolute Gasteiger partial charge is 0.573 e. The molecular formula is C22H30F6N4O3S. The molecule has 0 saturated carbocycles. The number of nitrogens with zero attached hydrogens (tertiary/aromatic N) is 1. The van der Waals surface area contributed by atoms with Crippen molar-refractivity contribution in [1.29, 1.82) is 0 Å². The van der Waals surface area contributed by atoms with Crippen LogP contribution in [-0.2, 0) is 0 Å². The lowest BCUT2D eigenvalue weighted by atomic mass is 9.79. The third-order valence-corrected chi connectivity index (χ3v) is 5.82. The Kier molecular flexibility index (Phi) is 8.56. The van der Waals surface area contributed by atoms with Crippen LogP contribution in [-0.4, -0.2) is 46.0 Å². The van der Waals surface area contributed by atoms with Crippen molar-refractivity contribution in [1.82, 2.24) is 10.2 Å². The van der Waals surface area contributed by atoms with E-state index in [9.17, 15) is 31.4 Å². The topological polar surface area (TPSA) is 106 Å². The molecule has 1 fully saturated rings. The molecule has 0 amide bonds. The van der Waals surface area contributed by atoms with E-state index in [1.165, 1.54) is 12.2 Å². The van der Waals surface area contributed by atoms with E-state index < -0.39 is 46.7 Å². The number of phenolic OH excluding ortho intramolecular Hbond substituents is 1. The number of halogens is 6. The Morgan fingerprint density at radius 2 is 1.64 bits per heavy atom. The maximum atomic E-state index is 12.9. The smallest absolute Gasteiger partial charge is 0.507 e. The molecule has 0 radical (unpaired) electrons. The van der Waals surface area contributed by atoms with Gasteiger partial charge in [-0.2, -0.15) is 13.2 Å². The van der Waals surface area contributed by atoms with Crippen LogP contribution in [0.2, 0.25) is 0 Å². The lowest BCUT2D eigenvalue weighted by Crippen LogP contribution is -2.61. The first-order valence-corrected chi connectivity index (χ1v) is 11.4. The zero-order valence-corrected chi connectivity index (χ0v) is 21.2. The van der Waals surface area contributed by atoms with E-state index in [4.69, 9.17) is 11.5 Å². The van der Waals surface area contributed by atoms with Gasteiger partial charge in [-0.1, -0.05) is 0 Å². The van der Waals surface area contributed by atoms with Crippen molar-refractivity contribution < 1.29 is 40.4 Å². The zero-order chi connectivity index (χ0) is 27.7. The van der Waals surface area contributed by atoms with E-state index >= 15 is 0 Å². The highest BCUT2D eigenvalue weighted by Crippen LogP contribution is 2.42. The minimum atomic E-state index is -5.22. The van der Waals surface area contributed by atoms with Crippen molar-refractivity contribution in [2.45, 2.75) is 69.5 Å². The SMILES string of the molecule is CN(/C(N)=C/C=C(\N)c1c(O)cc(OSC(F)(F)F)cc1OC(F)(F)F)C1CC(C)(C)NC(C)(C)C1. The number of phenols is 1. The zero-order valence-electron chi connectivity index (χ0n) is 20.3. The van der Waals surface area contributed by atoms with E-state index in [0.717, 1.165) is 12.8 Å². The van der Waals surface area contributed by atoms with Crippen LogP contribution in [0.15, 0.2) is 30.1 Å². The predicted octanol–water partition coefficient (Wildman–Crippen LogP) is 5.18. The Hall–Kier alpha value is -2.61. The lowest BCUT2D eigenvalue weighted by molar-refractivity contribution is -0.274. The van der Waals surface area contributed by atoms with E-state index in [1.807, 2.05) is 4.90 Å². The number of aromatic hydroxyl groups is 1. The Morgan fingerprint density at radius 1 is 1.08 bits per heavy atom. The van der Waals surface area contributed by atoms with Gasteiger partial charge < -0.3 is 35.7 Å². The van der Waals surface area contributed by atoms with Crippen molar-refractivity contribution in [2.24, 2.45) is 11.5 Å². The first-order valence-electron chi connectivity index (χ1n) is 10.7. The minimum Gasteiger partial charge on any atom is -0.507 e. The monoisotopic (exact) mass is 544 g/mol. The summed E-state index contributed by atoms with van der Waals surface area (Å²) in [5.74, 6) is -2.39. The number of alkyl halides is 6. The molecule has 204 valence electrons. The van der Waals surface area contributed by atoms with Gasteiger partial charge in [0.15, 0.2) is 12.0 Å². The first-order chi connectivity index (χ1) is 16.2. The fourth-order valence-corrected chi connectivity index (χ4v) is 4.63. The highest BCUT2D eigenvalue weighted by atomic mass is 32.2. The number of piperidine rings is 1. The number of allylic oxidation sites excluding steroid dienone is 2. The maximum Gasteiger partial charge on any atom is 0.573 e. The summed E-state index contributed by atoms with van der Waals surface area (Å²) in [4.78, 5) is 1.83. The van der Waals surface area contributed by atoms with E-state index in [-0.39, 0.29) is 28.6 Å². The fraction of sp³-hybridized carbons (Fsp3) is 0.545. The van der Waals surface area contributed by atoms with Crippen molar-refractivity contribution in [3.63, 3.8) is 0 Å². The summed E-state index contributed by atoms with van der Waals surface area (Å²) < 4.78 is 84.2. The molecule has 36 heavy (non-hydrogen) atoms. The Balaban J connectivity index is 2.36. The van der Waals surface area contributed by atoms with Gasteiger partial charge in [-0.05, 0) is 52.7 Å². The number of benzene rings is 1. The van der Waals surface area contributed by atoms with E-state index in [1.54, 1.807) is 7.05 Å². The summed E-state index contributed by atoms with van der Waals surface area (Å²) >= 11 is -0.963. The fourth-order valence-electron chi connectivity index (χ4n) is 4.34. The molecule has 0 spiro atoms. The quantitative estimate of drug-likeness (QED) is 0.212. The van der Waals surface area contributed by atoms with Crippen LogP contribution in [0, 0.1) is 0 Å². The average Bonchev–Trinajstić information content (AvgIpc) is 2.65. The number of hydrogen-bond acceptors (Lipinski definition) is 8. The molecule has 0 aliphatic carbocycles. The molecule has 0 atom stereocenters. The second-order valence-corrected chi connectivity index (χ2v) is 10.6. The Labute approximate surface area is 209 Å². The molecular weight excluding hydrogens is 514 g/mol. The molecule has 0 aromatic heterocycles. The molecule has 6 N–H and O–H groups in total. The standard InChI is InChI=1S/C22H30F6N4O3S/c1-19(2)10-12(11-20(3,4)31-19)32(5)17(30)7-6-14(29)18-15(33)8-13(35-36-22(26,27)28)9-16(18)34-21(23,24)25/h6-9,12,31,33H,10-11,29-30H2,1-5H3/b14-6-,17-7+. The number of hydrogen-bond donors (Lipinski definition) is 4. The van der Waals surface area contributed by atoms with Crippen LogP contribution in [0.4, 0.5) is 26.3 Å². The van der Waals surface area contributed by atoms with Crippen LogP contribution in [0.25, 0.3) is 5.70 Å². The third-order valence-electron chi connectivity index (χ3n) is 5.36. The van der Waals surface area contributed by atoms with Crippen LogP contribution in [0.1, 0.15) is 46.1 Å². The summed E-state index contributed by atoms with van der Waals surface area (Å²) in [7, 11) is 1.78. The number of rotatable bonds is 7. The summed E-state index contributed by atoms with van der Waals surface area (Å²) in [6, 6.07) is 1.28. The molecule has 14 heteroatoms. The average molecular weight is 545 g/mol. The molecule has 0 bridgehead atoms. The van der Waals surface area contributed by atoms with Gasteiger partial charge in [0.2, 0.25) is 0 Å². The Morgan fingerprint density at radius 3 is 2.14 bits per heavy atom. The van der Waals surface area contributed by atoms with Gasteiger partial charge >= 0.3 is 11.9 Å². The molecule has 1 aromatic rings. The van der Waals surface area contributed by atoms with Crippen molar-refractivity contribution in [3.8, 4) is 17.2 Å². The molecule has 7 nitrogen and oxygen atoms in total. The number of nitrogens with one attached hydrogen (secondary N) is 1.